The van der Waals surface area contributed by atoms with Crippen LogP contribution in [-0.2, 0) is 4.74 Å². The van der Waals surface area contributed by atoms with Crippen molar-refractivity contribution >= 4 is 17.7 Å². The molecule has 8 nitrogen and oxygen atoms in total. The zero-order valence-corrected chi connectivity index (χ0v) is 15.1. The van der Waals surface area contributed by atoms with Crippen molar-refractivity contribution in [2.24, 2.45) is 0 Å². The van der Waals surface area contributed by atoms with Gasteiger partial charge in [-0.25, -0.2) is 14.8 Å². The lowest BCUT2D eigenvalue weighted by molar-refractivity contribution is 0.0514. The topological polar surface area (TPSA) is 94.8 Å². The first kappa shape index (κ1) is 17.5. The Labute approximate surface area is 151 Å². The van der Waals surface area contributed by atoms with Crippen LogP contribution < -0.4 is 5.32 Å². The molecule has 0 aliphatic heterocycles. The molecule has 2 heterocycles. The summed E-state index contributed by atoms with van der Waals surface area (Å²) in [6.07, 6.45) is 4.23. The molecule has 3 rings (SSSR count). The van der Waals surface area contributed by atoms with Gasteiger partial charge in [0.1, 0.15) is 17.8 Å². The van der Waals surface area contributed by atoms with Crippen molar-refractivity contribution in [3.8, 4) is 11.1 Å². The fourth-order valence-corrected chi connectivity index (χ4v) is 2.19. The molecule has 0 atom stereocenters. The Balaban J connectivity index is 1.72. The Morgan fingerprint density at radius 2 is 1.85 bits per heavy atom. The number of benzene rings is 1. The third-order valence-corrected chi connectivity index (χ3v) is 3.33. The quantitative estimate of drug-likeness (QED) is 0.770. The molecule has 8 heteroatoms. The molecule has 0 aliphatic carbocycles. The van der Waals surface area contributed by atoms with E-state index in [1.165, 1.54) is 11.0 Å². The Morgan fingerprint density at radius 3 is 2.50 bits per heavy atom. The Hall–Kier alpha value is -3.29. The number of anilines is 2. The Bertz CT molecular complexity index is 912. The highest BCUT2D eigenvalue weighted by Gasteiger charge is 2.18. The molecule has 2 aromatic heterocycles. The third-order valence-electron chi connectivity index (χ3n) is 3.33. The van der Waals surface area contributed by atoms with Crippen molar-refractivity contribution in [3.05, 3.63) is 48.8 Å². The minimum absolute atomic E-state index is 0.489. The lowest BCUT2D eigenvalue weighted by atomic mass is 10.1. The van der Waals surface area contributed by atoms with Crippen molar-refractivity contribution in [1.82, 2.24) is 24.7 Å². The molecular weight excluding hydrogens is 332 g/mol. The van der Waals surface area contributed by atoms with Gasteiger partial charge in [-0.05, 0) is 45.4 Å². The first-order chi connectivity index (χ1) is 12.3. The van der Waals surface area contributed by atoms with Gasteiger partial charge >= 0.3 is 6.09 Å². The van der Waals surface area contributed by atoms with Gasteiger partial charge in [-0.2, -0.15) is 14.8 Å². The molecule has 3 aromatic rings. The maximum absolute atomic E-state index is 12.0. The van der Waals surface area contributed by atoms with Gasteiger partial charge in [-0.3, -0.25) is 0 Å². The minimum Gasteiger partial charge on any atom is -0.442 e. The standard InChI is InChI=1S/C18H20N6O2/c1-12-19-11-20-16(22-12)23-15-7-5-13(6-8-15)14-9-21-24(10-14)17(25)26-18(2,3)4/h5-11H,1-4H3,(H,19,20,22,23). The summed E-state index contributed by atoms with van der Waals surface area (Å²) in [5.74, 6) is 1.14. The average molecular weight is 352 g/mol. The van der Waals surface area contributed by atoms with Gasteiger partial charge in [0.15, 0.2) is 0 Å². The summed E-state index contributed by atoms with van der Waals surface area (Å²) in [4.78, 5) is 24.3. The molecule has 0 saturated heterocycles. The zero-order valence-electron chi connectivity index (χ0n) is 15.1. The van der Waals surface area contributed by atoms with E-state index in [0.29, 0.717) is 11.8 Å². The van der Waals surface area contributed by atoms with Gasteiger partial charge < -0.3 is 10.1 Å². The van der Waals surface area contributed by atoms with E-state index in [1.807, 2.05) is 45.0 Å². The molecule has 0 spiro atoms. The largest absolute Gasteiger partial charge is 0.442 e. The maximum atomic E-state index is 12.0. The SMILES string of the molecule is Cc1ncnc(Nc2ccc(-c3cnn(C(=O)OC(C)(C)C)c3)cc2)n1. The molecule has 0 aliphatic rings. The second kappa shape index (κ2) is 6.91. The number of aromatic nitrogens is 5. The van der Waals surface area contributed by atoms with E-state index < -0.39 is 11.7 Å². The first-order valence-electron chi connectivity index (χ1n) is 8.11. The van der Waals surface area contributed by atoms with Crippen LogP contribution in [0.1, 0.15) is 26.6 Å². The number of hydrogen-bond donors (Lipinski definition) is 1. The van der Waals surface area contributed by atoms with Crippen molar-refractivity contribution in [2.45, 2.75) is 33.3 Å². The van der Waals surface area contributed by atoms with Crippen LogP contribution in [0.15, 0.2) is 43.0 Å². The van der Waals surface area contributed by atoms with Crippen LogP contribution in [-0.4, -0.2) is 36.4 Å². The second-order valence-electron chi connectivity index (χ2n) is 6.71. The van der Waals surface area contributed by atoms with Crippen molar-refractivity contribution < 1.29 is 9.53 Å². The molecule has 1 aromatic carbocycles. The van der Waals surface area contributed by atoms with E-state index >= 15 is 0 Å². The summed E-state index contributed by atoms with van der Waals surface area (Å²) in [5, 5.41) is 7.19. The van der Waals surface area contributed by atoms with Crippen LogP contribution in [0, 0.1) is 6.92 Å². The smallest absolute Gasteiger partial charge is 0.435 e. The van der Waals surface area contributed by atoms with Gasteiger partial charge in [0.05, 0.1) is 6.20 Å². The molecule has 0 fully saturated rings. The summed E-state index contributed by atoms with van der Waals surface area (Å²) < 4.78 is 6.50. The van der Waals surface area contributed by atoms with Crippen LogP contribution in [0.4, 0.5) is 16.4 Å². The van der Waals surface area contributed by atoms with E-state index in [9.17, 15) is 4.79 Å². The number of ether oxygens (including phenoxy) is 1. The fraction of sp³-hybridized carbons (Fsp3) is 0.278. The normalized spacial score (nSPS) is 11.2. The molecular formula is C18H20N6O2. The Morgan fingerprint density at radius 1 is 1.12 bits per heavy atom. The molecule has 0 radical (unpaired) electrons. The predicted molar refractivity (Wildman–Crippen MR) is 97.1 cm³/mol. The number of rotatable bonds is 3. The van der Waals surface area contributed by atoms with Crippen LogP contribution >= 0.6 is 0 Å². The lowest BCUT2D eigenvalue weighted by Crippen LogP contribution is -2.27. The van der Waals surface area contributed by atoms with E-state index in [4.69, 9.17) is 4.74 Å². The van der Waals surface area contributed by atoms with E-state index in [1.54, 1.807) is 19.3 Å². The highest BCUT2D eigenvalue weighted by molar-refractivity contribution is 5.73. The number of nitrogens with one attached hydrogen (secondary N) is 1. The van der Waals surface area contributed by atoms with E-state index in [0.717, 1.165) is 16.8 Å². The molecule has 134 valence electrons. The first-order valence-corrected chi connectivity index (χ1v) is 8.11. The highest BCUT2D eigenvalue weighted by atomic mass is 16.6. The van der Waals surface area contributed by atoms with Gasteiger partial charge in [0, 0.05) is 17.4 Å². The van der Waals surface area contributed by atoms with Crippen LogP contribution in [0.25, 0.3) is 11.1 Å². The monoisotopic (exact) mass is 352 g/mol. The van der Waals surface area contributed by atoms with Gasteiger partial charge in [0.2, 0.25) is 5.95 Å². The zero-order chi connectivity index (χ0) is 18.7. The molecule has 0 saturated carbocycles. The minimum atomic E-state index is -0.566. The second-order valence-corrected chi connectivity index (χ2v) is 6.71. The van der Waals surface area contributed by atoms with Crippen LogP contribution in [0.3, 0.4) is 0 Å². The summed E-state index contributed by atoms with van der Waals surface area (Å²) in [6, 6.07) is 7.65. The summed E-state index contributed by atoms with van der Waals surface area (Å²) in [6.45, 7) is 7.25. The number of carbonyl (C=O) groups excluding carboxylic acids is 1. The Kier molecular flexibility index (Phi) is 4.66. The van der Waals surface area contributed by atoms with Gasteiger partial charge in [0.25, 0.3) is 0 Å². The molecule has 0 amide bonds. The van der Waals surface area contributed by atoms with Crippen molar-refractivity contribution in [1.29, 1.82) is 0 Å². The van der Waals surface area contributed by atoms with Crippen LogP contribution in [0.5, 0.6) is 0 Å². The predicted octanol–water partition coefficient (Wildman–Crippen LogP) is 3.57. The van der Waals surface area contributed by atoms with Gasteiger partial charge in [-0.15, -0.1) is 0 Å². The summed E-state index contributed by atoms with van der Waals surface area (Å²) >= 11 is 0. The fourth-order valence-electron chi connectivity index (χ4n) is 2.19. The lowest BCUT2D eigenvalue weighted by Gasteiger charge is -2.18. The van der Waals surface area contributed by atoms with E-state index in [-0.39, 0.29) is 0 Å². The van der Waals surface area contributed by atoms with E-state index in [2.05, 4.69) is 25.4 Å². The summed E-state index contributed by atoms with van der Waals surface area (Å²) in [5.41, 5.74) is 2.03. The number of nitrogens with zero attached hydrogens (tertiary/aromatic N) is 5. The molecule has 26 heavy (non-hydrogen) atoms. The number of hydrogen-bond acceptors (Lipinski definition) is 7. The summed E-state index contributed by atoms with van der Waals surface area (Å²) in [7, 11) is 0. The number of carbonyl (C=O) groups is 1. The van der Waals surface area contributed by atoms with Gasteiger partial charge in [-0.1, -0.05) is 12.1 Å². The van der Waals surface area contributed by atoms with Crippen molar-refractivity contribution in [3.63, 3.8) is 0 Å². The molecule has 0 unspecified atom stereocenters. The van der Waals surface area contributed by atoms with Crippen molar-refractivity contribution in [2.75, 3.05) is 5.32 Å². The average Bonchev–Trinajstić information content (AvgIpc) is 3.04. The maximum Gasteiger partial charge on any atom is 0.435 e. The number of aryl methyl sites for hydroxylation is 1. The third kappa shape index (κ3) is 4.41. The molecule has 0 bridgehead atoms. The highest BCUT2D eigenvalue weighted by Crippen LogP contribution is 2.22. The molecule has 1 N–H and O–H groups in total. The van der Waals surface area contributed by atoms with Crippen LogP contribution in [0.2, 0.25) is 0 Å².